The van der Waals surface area contributed by atoms with E-state index >= 15 is 0 Å². The third-order valence-electron chi connectivity index (χ3n) is 3.76. The van der Waals surface area contributed by atoms with Crippen LogP contribution in [0.2, 0.25) is 0 Å². The van der Waals surface area contributed by atoms with E-state index in [1.807, 2.05) is 14.0 Å². The van der Waals surface area contributed by atoms with E-state index in [4.69, 9.17) is 5.73 Å². The smallest absolute Gasteiger partial charge is 0.151 e. The van der Waals surface area contributed by atoms with Crippen molar-refractivity contribution in [3.63, 3.8) is 0 Å². The summed E-state index contributed by atoms with van der Waals surface area (Å²) in [6, 6.07) is 4.32. The van der Waals surface area contributed by atoms with Gasteiger partial charge in [-0.3, -0.25) is 0 Å². The third kappa shape index (κ3) is 3.88. The van der Waals surface area contributed by atoms with E-state index < -0.39 is 0 Å². The Labute approximate surface area is 115 Å². The first-order chi connectivity index (χ1) is 9.06. The minimum atomic E-state index is 0.139. The second kappa shape index (κ2) is 6.30. The first-order valence-electron chi connectivity index (χ1n) is 7.05. The van der Waals surface area contributed by atoms with Crippen LogP contribution >= 0.6 is 0 Å². The van der Waals surface area contributed by atoms with Crippen molar-refractivity contribution < 1.29 is 0 Å². The van der Waals surface area contributed by atoms with Crippen LogP contribution in [0.5, 0.6) is 0 Å². The number of hydrogen-bond donors (Lipinski definition) is 1. The highest BCUT2D eigenvalue weighted by Crippen LogP contribution is 2.26. The molecule has 5 nitrogen and oxygen atoms in total. The molecule has 0 saturated carbocycles. The zero-order chi connectivity index (χ0) is 13.8. The number of nitrogens with two attached hydrogens (primary N) is 1. The summed E-state index contributed by atoms with van der Waals surface area (Å²) in [7, 11) is 4.18. The fourth-order valence-electron chi connectivity index (χ4n) is 2.59. The number of likely N-dealkylation sites (tertiary alicyclic amines) is 1. The number of nitrogens with zero attached hydrogens (tertiary/aromatic N) is 4. The number of anilines is 1. The molecule has 1 atom stereocenters. The van der Waals surface area contributed by atoms with Gasteiger partial charge in [-0.1, -0.05) is 0 Å². The molecule has 1 aliphatic rings. The molecule has 1 fully saturated rings. The monoisotopic (exact) mass is 263 g/mol. The third-order valence-corrected chi connectivity index (χ3v) is 3.76. The van der Waals surface area contributed by atoms with Gasteiger partial charge in [0.2, 0.25) is 0 Å². The van der Waals surface area contributed by atoms with Crippen LogP contribution in [0.15, 0.2) is 12.1 Å². The molecule has 0 spiro atoms. The van der Waals surface area contributed by atoms with Crippen LogP contribution < -0.4 is 10.6 Å². The van der Waals surface area contributed by atoms with Gasteiger partial charge in [0.25, 0.3) is 0 Å². The molecule has 0 aromatic carbocycles. The quantitative estimate of drug-likeness (QED) is 0.880. The summed E-state index contributed by atoms with van der Waals surface area (Å²) in [6.45, 7) is 5.09. The van der Waals surface area contributed by atoms with Crippen molar-refractivity contribution in [2.24, 2.45) is 5.73 Å². The number of aromatic nitrogens is 2. The number of rotatable bonds is 4. The highest BCUT2D eigenvalue weighted by atomic mass is 15.2. The van der Waals surface area contributed by atoms with Crippen LogP contribution in [-0.4, -0.2) is 54.9 Å². The molecule has 2 rings (SSSR count). The zero-order valence-electron chi connectivity index (χ0n) is 12.2. The lowest BCUT2D eigenvalue weighted by atomic mass is 9.94. The van der Waals surface area contributed by atoms with Crippen molar-refractivity contribution in [1.82, 2.24) is 15.1 Å². The normalized spacial score (nSPS) is 19.4. The van der Waals surface area contributed by atoms with E-state index in [1.54, 1.807) is 0 Å². The average Bonchev–Trinajstić information content (AvgIpc) is 2.39. The van der Waals surface area contributed by atoms with Crippen molar-refractivity contribution in [3.05, 3.63) is 17.8 Å². The topological polar surface area (TPSA) is 58.3 Å². The van der Waals surface area contributed by atoms with Crippen molar-refractivity contribution in [1.29, 1.82) is 0 Å². The Morgan fingerprint density at radius 3 is 2.58 bits per heavy atom. The summed E-state index contributed by atoms with van der Waals surface area (Å²) in [4.78, 5) is 4.42. The van der Waals surface area contributed by atoms with Crippen LogP contribution in [0.1, 0.15) is 31.4 Å². The van der Waals surface area contributed by atoms with Crippen LogP contribution in [0, 0.1) is 0 Å². The Hall–Kier alpha value is -1.20. The molecule has 1 aliphatic heterocycles. The number of likely N-dealkylation sites (N-methyl/N-ethyl adjacent to an activating group) is 1. The van der Waals surface area contributed by atoms with Crippen molar-refractivity contribution in [2.75, 3.05) is 38.6 Å². The lowest BCUT2D eigenvalue weighted by molar-refractivity contribution is 0.253. The van der Waals surface area contributed by atoms with Gasteiger partial charge < -0.3 is 15.5 Å². The molecule has 0 aliphatic carbocycles. The summed E-state index contributed by atoms with van der Waals surface area (Å²) in [5.74, 6) is 1.46. The maximum Gasteiger partial charge on any atom is 0.151 e. The molecule has 19 heavy (non-hydrogen) atoms. The Balaban J connectivity index is 1.98. The molecule has 2 N–H and O–H groups in total. The molecule has 1 aromatic heterocycles. The first kappa shape index (κ1) is 14.2. The summed E-state index contributed by atoms with van der Waals surface area (Å²) in [5, 5.41) is 8.74. The molecule has 1 saturated heterocycles. The molecule has 1 unspecified atom stereocenters. The second-order valence-electron chi connectivity index (χ2n) is 5.75. The van der Waals surface area contributed by atoms with Gasteiger partial charge in [0.1, 0.15) is 0 Å². The maximum absolute atomic E-state index is 5.80. The summed E-state index contributed by atoms with van der Waals surface area (Å²) < 4.78 is 0. The summed E-state index contributed by atoms with van der Waals surface area (Å²) in [5.41, 5.74) is 6.93. The predicted molar refractivity (Wildman–Crippen MR) is 78.4 cm³/mol. The Morgan fingerprint density at radius 1 is 1.37 bits per heavy atom. The minimum absolute atomic E-state index is 0.139. The zero-order valence-corrected chi connectivity index (χ0v) is 12.2. The fourth-order valence-corrected chi connectivity index (χ4v) is 2.59. The molecule has 0 radical (unpaired) electrons. The predicted octanol–water partition coefficient (Wildman–Crippen LogP) is 1.07. The molecule has 0 bridgehead atoms. The van der Waals surface area contributed by atoms with Gasteiger partial charge in [0, 0.05) is 25.6 Å². The summed E-state index contributed by atoms with van der Waals surface area (Å²) >= 11 is 0. The Kier molecular flexibility index (Phi) is 4.71. The second-order valence-corrected chi connectivity index (χ2v) is 5.75. The van der Waals surface area contributed by atoms with Gasteiger partial charge in [0.15, 0.2) is 5.82 Å². The van der Waals surface area contributed by atoms with E-state index in [9.17, 15) is 0 Å². The van der Waals surface area contributed by atoms with Gasteiger partial charge in [-0.2, -0.15) is 5.10 Å². The van der Waals surface area contributed by atoms with Gasteiger partial charge in [0.05, 0.1) is 5.69 Å². The van der Waals surface area contributed by atoms with E-state index in [0.29, 0.717) is 5.92 Å². The Morgan fingerprint density at radius 2 is 2.05 bits per heavy atom. The fraction of sp³-hybridized carbons (Fsp3) is 0.714. The van der Waals surface area contributed by atoms with Gasteiger partial charge in [-0.25, -0.2) is 0 Å². The van der Waals surface area contributed by atoms with Crippen molar-refractivity contribution >= 4 is 5.82 Å². The average molecular weight is 263 g/mol. The highest BCUT2D eigenvalue weighted by molar-refractivity contribution is 5.36. The van der Waals surface area contributed by atoms with Crippen molar-refractivity contribution in [3.8, 4) is 0 Å². The van der Waals surface area contributed by atoms with Crippen LogP contribution in [-0.2, 0) is 0 Å². The largest absolute Gasteiger partial charge is 0.357 e. The Bertz CT molecular complexity index is 381. The molecular weight excluding hydrogens is 238 g/mol. The SMILES string of the molecule is CC(N)CN(C)c1ccc(C2CCN(C)CC2)nn1. The van der Waals surface area contributed by atoms with E-state index in [-0.39, 0.29) is 6.04 Å². The lowest BCUT2D eigenvalue weighted by Gasteiger charge is -2.28. The number of hydrogen-bond acceptors (Lipinski definition) is 5. The van der Waals surface area contributed by atoms with Crippen LogP contribution in [0.4, 0.5) is 5.82 Å². The molecule has 106 valence electrons. The molecule has 5 heteroatoms. The summed E-state index contributed by atoms with van der Waals surface area (Å²) in [6.07, 6.45) is 2.36. The van der Waals surface area contributed by atoms with Crippen molar-refractivity contribution in [2.45, 2.75) is 31.7 Å². The molecule has 0 amide bonds. The van der Waals surface area contributed by atoms with E-state index in [0.717, 1.165) is 31.1 Å². The highest BCUT2D eigenvalue weighted by Gasteiger charge is 2.20. The minimum Gasteiger partial charge on any atom is -0.357 e. The number of piperidine rings is 1. The van der Waals surface area contributed by atoms with Crippen LogP contribution in [0.25, 0.3) is 0 Å². The van der Waals surface area contributed by atoms with Gasteiger partial charge >= 0.3 is 0 Å². The van der Waals surface area contributed by atoms with Gasteiger partial charge in [-0.05, 0) is 52.0 Å². The maximum atomic E-state index is 5.80. The molecule has 2 heterocycles. The van der Waals surface area contributed by atoms with Crippen LogP contribution in [0.3, 0.4) is 0 Å². The molecular formula is C14H25N5. The molecule has 1 aromatic rings. The van der Waals surface area contributed by atoms with E-state index in [2.05, 4.69) is 39.2 Å². The standard InChI is InChI=1S/C14H25N5/c1-11(15)10-19(3)14-5-4-13(16-17-14)12-6-8-18(2)9-7-12/h4-5,11-12H,6-10,15H2,1-3H3. The lowest BCUT2D eigenvalue weighted by Crippen LogP contribution is -2.33. The van der Waals surface area contributed by atoms with E-state index in [1.165, 1.54) is 12.8 Å². The first-order valence-corrected chi connectivity index (χ1v) is 7.05. The van der Waals surface area contributed by atoms with Gasteiger partial charge in [-0.15, -0.1) is 5.10 Å².